The summed E-state index contributed by atoms with van der Waals surface area (Å²) < 4.78 is 13.3. The van der Waals surface area contributed by atoms with E-state index in [1.165, 1.54) is 0 Å². The molecular formula is C17H18N4O2S. The van der Waals surface area contributed by atoms with Gasteiger partial charge in [-0.25, -0.2) is 9.97 Å². The summed E-state index contributed by atoms with van der Waals surface area (Å²) in [6.45, 7) is 1.44. The van der Waals surface area contributed by atoms with Gasteiger partial charge < -0.3 is 19.2 Å². The molecule has 0 spiro atoms. The Morgan fingerprint density at radius 1 is 1.38 bits per heavy atom. The maximum atomic E-state index is 6.09. The number of aromatic nitrogens is 3. The molecule has 1 aliphatic heterocycles. The molecule has 0 saturated carbocycles. The minimum atomic E-state index is 0.208. The average Bonchev–Trinajstić information content (AvgIpc) is 3.31. The standard InChI is InChI=1S/C17H18N4O2S/c1-22-15-9-13(17-19-5-8-24-17)14(10-20-15)23-11-12-3-2-6-21-7-4-18-16(12)21/h2-4,6-7,9-10,17,19H,5,8,11H2,1H3. The molecule has 124 valence electrons. The van der Waals surface area contributed by atoms with Gasteiger partial charge in [-0.3, -0.25) is 0 Å². The molecule has 1 unspecified atom stereocenters. The van der Waals surface area contributed by atoms with Gasteiger partial charge >= 0.3 is 0 Å². The molecule has 4 rings (SSSR count). The minimum Gasteiger partial charge on any atom is -0.487 e. The van der Waals surface area contributed by atoms with E-state index in [0.717, 1.165) is 34.8 Å². The molecule has 0 bridgehead atoms. The number of hydrogen-bond donors (Lipinski definition) is 1. The van der Waals surface area contributed by atoms with Crippen LogP contribution in [0.5, 0.6) is 11.6 Å². The number of imidazole rings is 1. The fourth-order valence-corrected chi connectivity index (χ4v) is 3.85. The van der Waals surface area contributed by atoms with Gasteiger partial charge in [0.2, 0.25) is 5.88 Å². The van der Waals surface area contributed by atoms with Crippen molar-refractivity contribution in [1.29, 1.82) is 0 Å². The topological polar surface area (TPSA) is 60.7 Å². The predicted octanol–water partition coefficient (Wildman–Crippen LogP) is 2.65. The Morgan fingerprint density at radius 3 is 3.17 bits per heavy atom. The van der Waals surface area contributed by atoms with Crippen molar-refractivity contribution >= 4 is 17.4 Å². The Kier molecular flexibility index (Phi) is 4.27. The van der Waals surface area contributed by atoms with Crippen molar-refractivity contribution in [3.05, 3.63) is 54.1 Å². The third-order valence-corrected chi connectivity index (χ3v) is 5.16. The Labute approximate surface area is 144 Å². The fraction of sp³-hybridized carbons (Fsp3) is 0.294. The van der Waals surface area contributed by atoms with E-state index in [9.17, 15) is 0 Å². The van der Waals surface area contributed by atoms with Crippen LogP contribution in [-0.4, -0.2) is 33.8 Å². The first kappa shape index (κ1) is 15.3. The molecule has 0 aliphatic carbocycles. The number of nitrogens with one attached hydrogen (secondary N) is 1. The summed E-state index contributed by atoms with van der Waals surface area (Å²) in [5, 5.41) is 3.68. The lowest BCUT2D eigenvalue weighted by molar-refractivity contribution is 0.299. The fourth-order valence-electron chi connectivity index (χ4n) is 2.78. The summed E-state index contributed by atoms with van der Waals surface area (Å²) in [6.07, 6.45) is 7.43. The second-order valence-electron chi connectivity index (χ2n) is 5.45. The van der Waals surface area contributed by atoms with E-state index in [1.54, 1.807) is 19.5 Å². The van der Waals surface area contributed by atoms with E-state index in [-0.39, 0.29) is 5.37 Å². The maximum absolute atomic E-state index is 6.09. The Morgan fingerprint density at radius 2 is 2.33 bits per heavy atom. The molecule has 3 aromatic rings. The van der Waals surface area contributed by atoms with Crippen LogP contribution in [0, 0.1) is 0 Å². The molecule has 24 heavy (non-hydrogen) atoms. The summed E-state index contributed by atoms with van der Waals surface area (Å²) in [7, 11) is 1.63. The molecule has 0 radical (unpaired) electrons. The van der Waals surface area contributed by atoms with Gasteiger partial charge in [-0.15, -0.1) is 11.8 Å². The lowest BCUT2D eigenvalue weighted by Gasteiger charge is -2.16. The van der Waals surface area contributed by atoms with Gasteiger partial charge in [0, 0.05) is 48.1 Å². The van der Waals surface area contributed by atoms with Crippen molar-refractivity contribution in [3.63, 3.8) is 0 Å². The summed E-state index contributed by atoms with van der Waals surface area (Å²) in [4.78, 5) is 8.68. The van der Waals surface area contributed by atoms with Gasteiger partial charge in [0.25, 0.3) is 0 Å². The third-order valence-electron chi connectivity index (χ3n) is 3.96. The zero-order valence-corrected chi connectivity index (χ0v) is 14.1. The van der Waals surface area contributed by atoms with E-state index in [2.05, 4.69) is 15.3 Å². The van der Waals surface area contributed by atoms with Gasteiger partial charge in [0.05, 0.1) is 18.7 Å². The molecule has 1 N–H and O–H groups in total. The van der Waals surface area contributed by atoms with Gasteiger partial charge in [-0.1, -0.05) is 6.07 Å². The molecule has 1 aliphatic rings. The molecule has 0 aromatic carbocycles. The maximum Gasteiger partial charge on any atom is 0.213 e. The number of ether oxygens (including phenoxy) is 2. The first-order chi connectivity index (χ1) is 11.8. The van der Waals surface area contributed by atoms with E-state index >= 15 is 0 Å². The van der Waals surface area contributed by atoms with Gasteiger partial charge in [-0.2, -0.15) is 0 Å². The van der Waals surface area contributed by atoms with Crippen LogP contribution in [0.1, 0.15) is 16.5 Å². The summed E-state index contributed by atoms with van der Waals surface area (Å²) in [6, 6.07) is 5.97. The van der Waals surface area contributed by atoms with Crippen LogP contribution in [0.2, 0.25) is 0 Å². The Bertz CT molecular complexity index is 845. The zero-order valence-electron chi connectivity index (χ0n) is 13.3. The number of methoxy groups -OCH3 is 1. The first-order valence-corrected chi connectivity index (χ1v) is 8.82. The lowest BCUT2D eigenvalue weighted by atomic mass is 10.2. The van der Waals surface area contributed by atoms with E-state index in [1.807, 2.05) is 46.8 Å². The monoisotopic (exact) mass is 342 g/mol. The Balaban J connectivity index is 1.60. The van der Waals surface area contributed by atoms with Gasteiger partial charge in [-0.05, 0) is 6.07 Å². The van der Waals surface area contributed by atoms with Crippen molar-refractivity contribution in [2.45, 2.75) is 12.0 Å². The van der Waals surface area contributed by atoms with Crippen LogP contribution < -0.4 is 14.8 Å². The van der Waals surface area contributed by atoms with Crippen LogP contribution in [0.25, 0.3) is 5.65 Å². The van der Waals surface area contributed by atoms with Crippen LogP contribution >= 0.6 is 11.8 Å². The number of thioether (sulfide) groups is 1. The highest BCUT2D eigenvalue weighted by molar-refractivity contribution is 7.99. The average molecular weight is 342 g/mol. The molecular weight excluding hydrogens is 324 g/mol. The van der Waals surface area contributed by atoms with Crippen molar-refractivity contribution in [2.24, 2.45) is 0 Å². The first-order valence-electron chi connectivity index (χ1n) is 7.77. The molecule has 4 heterocycles. The van der Waals surface area contributed by atoms with Crippen LogP contribution in [0.4, 0.5) is 0 Å². The molecule has 0 amide bonds. The van der Waals surface area contributed by atoms with Crippen LogP contribution in [-0.2, 0) is 6.61 Å². The highest BCUT2D eigenvalue weighted by Crippen LogP contribution is 2.37. The summed E-state index contributed by atoms with van der Waals surface area (Å²) >= 11 is 1.86. The molecule has 6 nitrogen and oxygen atoms in total. The largest absolute Gasteiger partial charge is 0.487 e. The molecule has 7 heteroatoms. The normalized spacial score (nSPS) is 17.3. The number of nitrogens with zero attached hydrogens (tertiary/aromatic N) is 3. The minimum absolute atomic E-state index is 0.208. The van der Waals surface area contributed by atoms with E-state index < -0.39 is 0 Å². The summed E-state index contributed by atoms with van der Waals surface area (Å²) in [5.74, 6) is 2.46. The lowest BCUT2D eigenvalue weighted by Crippen LogP contribution is -2.14. The molecule has 1 atom stereocenters. The summed E-state index contributed by atoms with van der Waals surface area (Å²) in [5.41, 5.74) is 3.02. The molecule has 1 saturated heterocycles. The van der Waals surface area contributed by atoms with E-state index in [0.29, 0.717) is 12.5 Å². The van der Waals surface area contributed by atoms with Crippen molar-refractivity contribution in [1.82, 2.24) is 19.7 Å². The second-order valence-corrected chi connectivity index (χ2v) is 6.66. The highest BCUT2D eigenvalue weighted by Gasteiger charge is 2.22. The number of fused-ring (bicyclic) bond motifs is 1. The molecule has 3 aromatic heterocycles. The van der Waals surface area contributed by atoms with Crippen LogP contribution in [0.15, 0.2) is 43.0 Å². The zero-order chi connectivity index (χ0) is 16.4. The van der Waals surface area contributed by atoms with Crippen molar-refractivity contribution < 1.29 is 9.47 Å². The number of rotatable bonds is 5. The van der Waals surface area contributed by atoms with Crippen molar-refractivity contribution in [2.75, 3.05) is 19.4 Å². The quantitative estimate of drug-likeness (QED) is 0.769. The third kappa shape index (κ3) is 2.92. The second kappa shape index (κ2) is 6.70. The molecule has 1 fully saturated rings. The van der Waals surface area contributed by atoms with E-state index in [4.69, 9.17) is 9.47 Å². The highest BCUT2D eigenvalue weighted by atomic mass is 32.2. The van der Waals surface area contributed by atoms with Gasteiger partial charge in [0.1, 0.15) is 18.0 Å². The van der Waals surface area contributed by atoms with Crippen LogP contribution in [0.3, 0.4) is 0 Å². The smallest absolute Gasteiger partial charge is 0.213 e. The predicted molar refractivity (Wildman–Crippen MR) is 93.5 cm³/mol. The number of hydrogen-bond acceptors (Lipinski definition) is 6. The van der Waals surface area contributed by atoms with Crippen molar-refractivity contribution in [3.8, 4) is 11.6 Å². The Hall–Kier alpha value is -2.25. The number of pyridine rings is 2. The van der Waals surface area contributed by atoms with Gasteiger partial charge in [0.15, 0.2) is 0 Å². The SMILES string of the molecule is COc1cc(C2NCCS2)c(OCc2cccn3ccnc23)cn1.